The maximum Gasteiger partial charge on any atom is 0.0840 e. The first kappa shape index (κ1) is 10.9. The van der Waals surface area contributed by atoms with Crippen molar-refractivity contribution in [2.24, 2.45) is 0 Å². The summed E-state index contributed by atoms with van der Waals surface area (Å²) in [6, 6.07) is 11.7. The van der Waals surface area contributed by atoms with Crippen molar-refractivity contribution in [3.8, 4) is 5.69 Å². The summed E-state index contributed by atoms with van der Waals surface area (Å²) in [5.41, 5.74) is 3.55. The van der Waals surface area contributed by atoms with E-state index in [-0.39, 0.29) is 13.2 Å². The molecule has 0 saturated heterocycles. The number of aliphatic hydroxyl groups is 2. The standard InChI is InChI=1S/C13H15NO2/c1-10-7-11(8-15)13(9-16)14(10)12-5-3-2-4-6-12/h2-7,15-16H,8-9H2,1H3. The lowest BCUT2D eigenvalue weighted by Gasteiger charge is -2.10. The molecule has 84 valence electrons. The van der Waals surface area contributed by atoms with Gasteiger partial charge in [0.25, 0.3) is 0 Å². The Kier molecular flexibility index (Phi) is 3.08. The fraction of sp³-hybridized carbons (Fsp3) is 0.231. The molecule has 1 heterocycles. The Balaban J connectivity index is 2.60. The lowest BCUT2D eigenvalue weighted by Crippen LogP contribution is -2.03. The summed E-state index contributed by atoms with van der Waals surface area (Å²) in [6.45, 7) is 1.85. The van der Waals surface area contributed by atoms with Gasteiger partial charge in [-0.3, -0.25) is 0 Å². The van der Waals surface area contributed by atoms with Crippen molar-refractivity contribution in [1.82, 2.24) is 4.57 Å². The first-order valence-corrected chi connectivity index (χ1v) is 5.25. The summed E-state index contributed by atoms with van der Waals surface area (Å²) in [6.07, 6.45) is 0. The Bertz CT molecular complexity index is 474. The molecular formula is C13H15NO2. The molecule has 16 heavy (non-hydrogen) atoms. The first-order valence-electron chi connectivity index (χ1n) is 5.25. The van der Waals surface area contributed by atoms with Gasteiger partial charge in [0.2, 0.25) is 0 Å². The zero-order valence-electron chi connectivity index (χ0n) is 9.22. The van der Waals surface area contributed by atoms with E-state index in [4.69, 9.17) is 0 Å². The number of hydrogen-bond acceptors (Lipinski definition) is 2. The highest BCUT2D eigenvalue weighted by atomic mass is 16.3. The van der Waals surface area contributed by atoms with Crippen LogP contribution in [-0.4, -0.2) is 14.8 Å². The quantitative estimate of drug-likeness (QED) is 0.823. The van der Waals surface area contributed by atoms with E-state index in [2.05, 4.69) is 0 Å². The van der Waals surface area contributed by atoms with E-state index in [1.54, 1.807) is 0 Å². The molecule has 1 aromatic heterocycles. The molecule has 0 aliphatic carbocycles. The number of aromatic nitrogens is 1. The molecule has 0 atom stereocenters. The molecule has 3 heteroatoms. The average Bonchev–Trinajstić information content (AvgIpc) is 2.66. The predicted octanol–water partition coefficient (Wildman–Crippen LogP) is 1.77. The minimum absolute atomic E-state index is 0.0451. The van der Waals surface area contributed by atoms with Gasteiger partial charge in [0.05, 0.1) is 18.9 Å². The maximum absolute atomic E-state index is 9.37. The van der Waals surface area contributed by atoms with Crippen LogP contribution in [0.15, 0.2) is 36.4 Å². The van der Waals surface area contributed by atoms with Crippen LogP contribution >= 0.6 is 0 Å². The molecule has 0 amide bonds. The Morgan fingerprint density at radius 1 is 1.06 bits per heavy atom. The molecule has 0 radical (unpaired) electrons. The first-order chi connectivity index (χ1) is 7.77. The van der Waals surface area contributed by atoms with Crippen LogP contribution in [0.2, 0.25) is 0 Å². The fourth-order valence-corrected chi connectivity index (χ4v) is 2.00. The molecule has 2 aromatic rings. The summed E-state index contributed by atoms with van der Waals surface area (Å²) in [5, 5.41) is 18.6. The van der Waals surface area contributed by atoms with Gasteiger partial charge in [-0.15, -0.1) is 0 Å². The Morgan fingerprint density at radius 3 is 2.31 bits per heavy atom. The zero-order chi connectivity index (χ0) is 11.5. The Labute approximate surface area is 94.6 Å². The molecule has 1 aromatic carbocycles. The van der Waals surface area contributed by atoms with Crippen LogP contribution in [0, 0.1) is 6.92 Å². The monoisotopic (exact) mass is 217 g/mol. The third-order valence-electron chi connectivity index (χ3n) is 2.71. The van der Waals surface area contributed by atoms with E-state index >= 15 is 0 Å². The number of aryl methyl sites for hydroxylation is 1. The summed E-state index contributed by atoms with van der Waals surface area (Å²) in [7, 11) is 0. The van der Waals surface area contributed by atoms with Crippen molar-refractivity contribution in [1.29, 1.82) is 0 Å². The highest BCUT2D eigenvalue weighted by Gasteiger charge is 2.12. The van der Waals surface area contributed by atoms with Crippen molar-refractivity contribution in [2.45, 2.75) is 20.1 Å². The van der Waals surface area contributed by atoms with Gasteiger partial charge in [0.15, 0.2) is 0 Å². The summed E-state index contributed by atoms with van der Waals surface area (Å²) in [4.78, 5) is 0. The largest absolute Gasteiger partial charge is 0.392 e. The number of nitrogens with zero attached hydrogens (tertiary/aromatic N) is 1. The predicted molar refractivity (Wildman–Crippen MR) is 62.4 cm³/mol. The lowest BCUT2D eigenvalue weighted by atomic mass is 10.2. The molecule has 0 aliphatic heterocycles. The highest BCUT2D eigenvalue weighted by molar-refractivity contribution is 5.41. The zero-order valence-corrected chi connectivity index (χ0v) is 9.22. The molecule has 0 saturated carbocycles. The van der Waals surface area contributed by atoms with E-state index in [0.717, 1.165) is 22.6 Å². The van der Waals surface area contributed by atoms with Gasteiger partial charge in [-0.05, 0) is 25.1 Å². The van der Waals surface area contributed by atoms with Gasteiger partial charge >= 0.3 is 0 Å². The minimum atomic E-state index is -0.0708. The molecule has 0 unspecified atom stereocenters. The lowest BCUT2D eigenvalue weighted by molar-refractivity contribution is 0.255. The van der Waals surface area contributed by atoms with Crippen molar-refractivity contribution in [3.05, 3.63) is 53.3 Å². The van der Waals surface area contributed by atoms with Crippen molar-refractivity contribution in [2.75, 3.05) is 0 Å². The number of rotatable bonds is 3. The van der Waals surface area contributed by atoms with E-state index in [1.165, 1.54) is 0 Å². The van der Waals surface area contributed by atoms with Gasteiger partial charge in [-0.1, -0.05) is 18.2 Å². The minimum Gasteiger partial charge on any atom is -0.392 e. The van der Waals surface area contributed by atoms with Gasteiger partial charge in [-0.2, -0.15) is 0 Å². The number of benzene rings is 1. The summed E-state index contributed by atoms with van der Waals surface area (Å²) < 4.78 is 1.96. The molecule has 0 aliphatic rings. The fourth-order valence-electron chi connectivity index (χ4n) is 2.00. The average molecular weight is 217 g/mol. The van der Waals surface area contributed by atoms with E-state index in [0.29, 0.717) is 0 Å². The van der Waals surface area contributed by atoms with Gasteiger partial charge in [-0.25, -0.2) is 0 Å². The summed E-state index contributed by atoms with van der Waals surface area (Å²) >= 11 is 0. The van der Waals surface area contributed by atoms with Crippen molar-refractivity contribution < 1.29 is 10.2 Å². The van der Waals surface area contributed by atoms with Gasteiger partial charge < -0.3 is 14.8 Å². The van der Waals surface area contributed by atoms with Crippen LogP contribution in [0.1, 0.15) is 17.0 Å². The smallest absolute Gasteiger partial charge is 0.0840 e. The van der Waals surface area contributed by atoms with Crippen LogP contribution in [0.5, 0.6) is 0 Å². The second kappa shape index (κ2) is 4.51. The molecule has 0 fully saturated rings. The topological polar surface area (TPSA) is 45.4 Å². The van der Waals surface area contributed by atoms with Gasteiger partial charge in [0, 0.05) is 16.9 Å². The highest BCUT2D eigenvalue weighted by Crippen LogP contribution is 2.21. The molecule has 3 nitrogen and oxygen atoms in total. The van der Waals surface area contributed by atoms with Crippen LogP contribution in [0.4, 0.5) is 0 Å². The van der Waals surface area contributed by atoms with Crippen molar-refractivity contribution in [3.63, 3.8) is 0 Å². The third kappa shape index (κ3) is 1.75. The number of aliphatic hydroxyl groups excluding tert-OH is 2. The third-order valence-corrected chi connectivity index (χ3v) is 2.71. The van der Waals surface area contributed by atoms with Crippen molar-refractivity contribution >= 4 is 0 Å². The SMILES string of the molecule is Cc1cc(CO)c(CO)n1-c1ccccc1. The number of para-hydroxylation sites is 1. The molecule has 2 N–H and O–H groups in total. The normalized spacial score (nSPS) is 10.7. The molecular weight excluding hydrogens is 202 g/mol. The second-order valence-electron chi connectivity index (χ2n) is 3.74. The van der Waals surface area contributed by atoms with Crippen LogP contribution in [0.3, 0.4) is 0 Å². The molecule has 2 rings (SSSR count). The van der Waals surface area contributed by atoms with E-state index in [1.807, 2.05) is 47.9 Å². The van der Waals surface area contributed by atoms with Crippen LogP contribution in [0.25, 0.3) is 5.69 Å². The maximum atomic E-state index is 9.37. The Hall–Kier alpha value is -1.58. The van der Waals surface area contributed by atoms with Gasteiger partial charge in [0.1, 0.15) is 0 Å². The second-order valence-corrected chi connectivity index (χ2v) is 3.74. The Morgan fingerprint density at radius 2 is 1.75 bits per heavy atom. The van der Waals surface area contributed by atoms with E-state index in [9.17, 15) is 10.2 Å². The van der Waals surface area contributed by atoms with E-state index < -0.39 is 0 Å². The number of hydrogen-bond donors (Lipinski definition) is 2. The molecule has 0 bridgehead atoms. The summed E-state index contributed by atoms with van der Waals surface area (Å²) in [5.74, 6) is 0. The van der Waals surface area contributed by atoms with Crippen LogP contribution < -0.4 is 0 Å². The molecule has 0 spiro atoms. The van der Waals surface area contributed by atoms with Crippen LogP contribution in [-0.2, 0) is 13.2 Å².